The molecule has 0 unspecified atom stereocenters. The molecule has 2 aromatic heterocycles. The van der Waals surface area contributed by atoms with Gasteiger partial charge in [0.05, 0.1) is 0 Å². The van der Waals surface area contributed by atoms with E-state index in [4.69, 9.17) is 0 Å². The third-order valence-electron chi connectivity index (χ3n) is 3.87. The minimum Gasteiger partial charge on any atom is -0.353 e. The van der Waals surface area contributed by atoms with Gasteiger partial charge in [-0.1, -0.05) is 0 Å². The van der Waals surface area contributed by atoms with Gasteiger partial charge in [0.15, 0.2) is 11.6 Å². The third-order valence-corrected chi connectivity index (χ3v) is 4.60. The zero-order chi connectivity index (χ0) is 14.7. The molecule has 0 aliphatic carbocycles. The minimum atomic E-state index is -0.232. The SMILES string of the molecule is C[C@H](Cc1ccsc1)N[C@@H]1CCN(c2ncccc2F)C1. The lowest BCUT2D eigenvalue weighted by molar-refractivity contribution is 0.466. The second-order valence-electron chi connectivity index (χ2n) is 5.64. The van der Waals surface area contributed by atoms with Crippen molar-refractivity contribution in [3.05, 3.63) is 46.5 Å². The van der Waals surface area contributed by atoms with E-state index in [0.717, 1.165) is 25.9 Å². The van der Waals surface area contributed by atoms with Gasteiger partial charge in [-0.2, -0.15) is 11.3 Å². The second-order valence-corrected chi connectivity index (χ2v) is 6.42. The van der Waals surface area contributed by atoms with E-state index in [9.17, 15) is 4.39 Å². The van der Waals surface area contributed by atoms with Gasteiger partial charge in [-0.25, -0.2) is 9.37 Å². The highest BCUT2D eigenvalue weighted by atomic mass is 32.1. The Morgan fingerprint density at radius 3 is 3.19 bits per heavy atom. The number of aromatic nitrogens is 1. The summed E-state index contributed by atoms with van der Waals surface area (Å²) in [5.41, 5.74) is 1.38. The molecular formula is C16H20FN3S. The first kappa shape index (κ1) is 14.5. The van der Waals surface area contributed by atoms with Crippen molar-refractivity contribution in [2.24, 2.45) is 0 Å². The van der Waals surface area contributed by atoms with Gasteiger partial charge in [-0.05, 0) is 54.3 Å². The summed E-state index contributed by atoms with van der Waals surface area (Å²) in [6.45, 7) is 3.89. The maximum atomic E-state index is 13.8. The van der Waals surface area contributed by atoms with Gasteiger partial charge in [-0.3, -0.25) is 0 Å². The van der Waals surface area contributed by atoms with Crippen molar-refractivity contribution in [3.8, 4) is 0 Å². The zero-order valence-corrected chi connectivity index (χ0v) is 12.9. The Morgan fingerprint density at radius 2 is 2.43 bits per heavy atom. The molecule has 0 saturated carbocycles. The van der Waals surface area contributed by atoms with E-state index in [1.807, 2.05) is 4.90 Å². The molecule has 5 heteroatoms. The van der Waals surface area contributed by atoms with E-state index in [2.05, 4.69) is 34.1 Å². The molecule has 0 bridgehead atoms. The first-order chi connectivity index (χ1) is 10.2. The summed E-state index contributed by atoms with van der Waals surface area (Å²) in [4.78, 5) is 6.19. The Kier molecular flexibility index (Phi) is 4.51. The van der Waals surface area contributed by atoms with Crippen LogP contribution in [0.2, 0.25) is 0 Å². The maximum absolute atomic E-state index is 13.8. The number of nitrogens with zero attached hydrogens (tertiary/aromatic N) is 2. The highest BCUT2D eigenvalue weighted by Crippen LogP contribution is 2.21. The Hall–Kier alpha value is -1.46. The molecule has 1 fully saturated rings. The van der Waals surface area contributed by atoms with E-state index >= 15 is 0 Å². The van der Waals surface area contributed by atoms with Gasteiger partial charge >= 0.3 is 0 Å². The molecule has 2 aromatic rings. The predicted octanol–water partition coefficient (Wildman–Crippen LogP) is 3.08. The lowest BCUT2D eigenvalue weighted by atomic mass is 10.1. The molecule has 3 rings (SSSR count). The molecule has 0 aromatic carbocycles. The van der Waals surface area contributed by atoms with Gasteiger partial charge in [0.2, 0.25) is 0 Å². The van der Waals surface area contributed by atoms with Crippen LogP contribution in [0.25, 0.3) is 0 Å². The third kappa shape index (κ3) is 3.60. The van der Waals surface area contributed by atoms with Gasteiger partial charge in [0.25, 0.3) is 0 Å². The lowest BCUT2D eigenvalue weighted by Gasteiger charge is -2.21. The highest BCUT2D eigenvalue weighted by Gasteiger charge is 2.26. The molecule has 112 valence electrons. The lowest BCUT2D eigenvalue weighted by Crippen LogP contribution is -2.39. The number of hydrogen-bond acceptors (Lipinski definition) is 4. The average Bonchev–Trinajstić information content (AvgIpc) is 3.11. The summed E-state index contributed by atoms with van der Waals surface area (Å²) < 4.78 is 13.8. The standard InChI is InChI=1S/C16H20FN3S/c1-12(9-13-5-8-21-11-13)19-14-4-7-20(10-14)16-15(17)3-2-6-18-16/h2-3,5-6,8,11-12,14,19H,4,7,9-10H2,1H3/t12-,14-/m1/s1. The molecule has 0 radical (unpaired) electrons. The molecule has 1 aliphatic heterocycles. The molecule has 0 spiro atoms. The van der Waals surface area contributed by atoms with Crippen LogP contribution in [0.1, 0.15) is 18.9 Å². The van der Waals surface area contributed by atoms with Gasteiger partial charge in [-0.15, -0.1) is 0 Å². The highest BCUT2D eigenvalue weighted by molar-refractivity contribution is 7.07. The fraction of sp³-hybridized carbons (Fsp3) is 0.438. The Labute approximate surface area is 128 Å². The molecule has 3 nitrogen and oxygen atoms in total. The van der Waals surface area contributed by atoms with Crippen molar-refractivity contribution >= 4 is 17.2 Å². The number of anilines is 1. The summed E-state index contributed by atoms with van der Waals surface area (Å²) in [5, 5.41) is 7.96. The van der Waals surface area contributed by atoms with Gasteiger partial charge < -0.3 is 10.2 Å². The monoisotopic (exact) mass is 305 g/mol. The topological polar surface area (TPSA) is 28.2 Å². The summed E-state index contributed by atoms with van der Waals surface area (Å²) >= 11 is 1.74. The molecular weight excluding hydrogens is 285 g/mol. The van der Waals surface area contributed by atoms with Crippen LogP contribution >= 0.6 is 11.3 Å². The van der Waals surface area contributed by atoms with Gasteiger partial charge in [0.1, 0.15) is 0 Å². The van der Waals surface area contributed by atoms with E-state index in [0.29, 0.717) is 17.9 Å². The molecule has 3 heterocycles. The Morgan fingerprint density at radius 1 is 1.52 bits per heavy atom. The molecule has 2 atom stereocenters. The van der Waals surface area contributed by atoms with Gasteiger partial charge in [0, 0.05) is 31.4 Å². The van der Waals surface area contributed by atoms with Crippen molar-refractivity contribution < 1.29 is 4.39 Å². The molecule has 1 aliphatic rings. The summed E-state index contributed by atoms with van der Waals surface area (Å²) in [6.07, 6.45) is 3.72. The Balaban J connectivity index is 1.54. The first-order valence-corrected chi connectivity index (χ1v) is 8.29. The van der Waals surface area contributed by atoms with E-state index < -0.39 is 0 Å². The number of halogens is 1. The van der Waals surface area contributed by atoms with Crippen LogP contribution < -0.4 is 10.2 Å². The second kappa shape index (κ2) is 6.54. The summed E-state index contributed by atoms with van der Waals surface area (Å²) in [7, 11) is 0. The first-order valence-electron chi connectivity index (χ1n) is 7.35. The fourth-order valence-corrected chi connectivity index (χ4v) is 3.60. The van der Waals surface area contributed by atoms with Crippen molar-refractivity contribution in [1.82, 2.24) is 10.3 Å². The Bertz CT molecular complexity index is 573. The number of thiophene rings is 1. The van der Waals surface area contributed by atoms with Crippen LogP contribution in [0.4, 0.5) is 10.2 Å². The zero-order valence-electron chi connectivity index (χ0n) is 12.1. The number of hydrogen-bond donors (Lipinski definition) is 1. The van der Waals surface area contributed by atoms with Crippen LogP contribution in [-0.4, -0.2) is 30.2 Å². The minimum absolute atomic E-state index is 0.232. The van der Waals surface area contributed by atoms with Crippen LogP contribution in [0.5, 0.6) is 0 Å². The van der Waals surface area contributed by atoms with Crippen LogP contribution in [0.3, 0.4) is 0 Å². The van der Waals surface area contributed by atoms with E-state index in [1.54, 1.807) is 23.6 Å². The number of rotatable bonds is 5. The maximum Gasteiger partial charge on any atom is 0.165 e. The number of pyridine rings is 1. The average molecular weight is 305 g/mol. The normalized spacial score (nSPS) is 19.9. The quantitative estimate of drug-likeness (QED) is 0.920. The number of nitrogens with one attached hydrogen (secondary N) is 1. The predicted molar refractivity (Wildman–Crippen MR) is 85.4 cm³/mol. The summed E-state index contributed by atoms with van der Waals surface area (Å²) in [6, 6.07) is 6.11. The summed E-state index contributed by atoms with van der Waals surface area (Å²) in [5.74, 6) is 0.247. The van der Waals surface area contributed by atoms with E-state index in [-0.39, 0.29) is 5.82 Å². The van der Waals surface area contributed by atoms with Crippen molar-refractivity contribution in [2.45, 2.75) is 31.8 Å². The molecule has 1 N–H and O–H groups in total. The molecule has 21 heavy (non-hydrogen) atoms. The van der Waals surface area contributed by atoms with Crippen LogP contribution in [0.15, 0.2) is 35.2 Å². The van der Waals surface area contributed by atoms with Crippen LogP contribution in [-0.2, 0) is 6.42 Å². The fourth-order valence-electron chi connectivity index (χ4n) is 2.92. The van der Waals surface area contributed by atoms with Crippen molar-refractivity contribution in [1.29, 1.82) is 0 Å². The van der Waals surface area contributed by atoms with Crippen LogP contribution in [0, 0.1) is 5.82 Å². The largest absolute Gasteiger partial charge is 0.353 e. The molecule has 1 saturated heterocycles. The van der Waals surface area contributed by atoms with E-state index in [1.165, 1.54) is 11.6 Å². The molecule has 0 amide bonds. The van der Waals surface area contributed by atoms with Crippen molar-refractivity contribution in [3.63, 3.8) is 0 Å². The van der Waals surface area contributed by atoms with Crippen molar-refractivity contribution in [2.75, 3.05) is 18.0 Å². The smallest absolute Gasteiger partial charge is 0.165 e.